The topological polar surface area (TPSA) is 64.3 Å². The number of hydrogen-bond donors (Lipinski definition) is 2. The Bertz CT molecular complexity index is 722. The number of carbonyl (C=O) groups is 1. The molecule has 0 heterocycles. The van der Waals surface area contributed by atoms with Crippen LogP contribution in [-0.4, -0.2) is 12.3 Å². The standard InChI is InChI=1S/C16H15F3N2O2/c1-9-4-3-5-12(20)14(9)15(22)21-13-7-6-11(8-10(13)2)23-16(17,18)19/h3-8H,20H2,1-2H3,(H,21,22). The molecule has 0 atom stereocenters. The van der Waals surface area contributed by atoms with Gasteiger partial charge in [-0.3, -0.25) is 4.79 Å². The molecule has 0 spiro atoms. The molecule has 0 saturated heterocycles. The van der Waals surface area contributed by atoms with E-state index in [9.17, 15) is 18.0 Å². The van der Waals surface area contributed by atoms with Crippen molar-refractivity contribution in [3.8, 4) is 5.75 Å². The van der Waals surface area contributed by atoms with Gasteiger partial charge in [0.2, 0.25) is 0 Å². The highest BCUT2D eigenvalue weighted by atomic mass is 19.4. The lowest BCUT2D eigenvalue weighted by atomic mass is 10.1. The second-order valence-corrected chi connectivity index (χ2v) is 5.02. The highest BCUT2D eigenvalue weighted by Crippen LogP contribution is 2.27. The molecule has 0 bridgehead atoms. The van der Waals surface area contributed by atoms with Crippen molar-refractivity contribution in [3.63, 3.8) is 0 Å². The molecule has 2 aromatic rings. The Labute approximate surface area is 131 Å². The SMILES string of the molecule is Cc1cc(OC(F)(F)F)ccc1NC(=O)c1c(C)cccc1N. The molecule has 122 valence electrons. The predicted molar refractivity (Wildman–Crippen MR) is 81.4 cm³/mol. The van der Waals surface area contributed by atoms with Crippen LogP contribution in [0.3, 0.4) is 0 Å². The third-order valence-corrected chi connectivity index (χ3v) is 3.21. The highest BCUT2D eigenvalue weighted by molar-refractivity contribution is 6.09. The number of nitrogens with one attached hydrogen (secondary N) is 1. The number of alkyl halides is 3. The van der Waals surface area contributed by atoms with Crippen molar-refractivity contribution in [1.82, 2.24) is 0 Å². The fourth-order valence-electron chi connectivity index (χ4n) is 2.16. The summed E-state index contributed by atoms with van der Waals surface area (Å²) in [5.41, 5.74) is 7.99. The molecule has 0 saturated carbocycles. The van der Waals surface area contributed by atoms with Gasteiger partial charge in [0.15, 0.2) is 0 Å². The number of halogens is 3. The van der Waals surface area contributed by atoms with E-state index in [0.29, 0.717) is 28.1 Å². The van der Waals surface area contributed by atoms with Gasteiger partial charge in [0.25, 0.3) is 5.91 Å². The lowest BCUT2D eigenvalue weighted by Gasteiger charge is -2.14. The van der Waals surface area contributed by atoms with Crippen molar-refractivity contribution in [3.05, 3.63) is 53.1 Å². The Kier molecular flexibility index (Phi) is 4.49. The first-order valence-corrected chi connectivity index (χ1v) is 6.70. The van der Waals surface area contributed by atoms with Crippen molar-refractivity contribution < 1.29 is 22.7 Å². The Hall–Kier alpha value is -2.70. The summed E-state index contributed by atoms with van der Waals surface area (Å²) in [6.45, 7) is 3.32. The summed E-state index contributed by atoms with van der Waals surface area (Å²) < 4.78 is 40.4. The largest absolute Gasteiger partial charge is 0.573 e. The number of ether oxygens (including phenoxy) is 1. The fraction of sp³-hybridized carbons (Fsp3) is 0.188. The number of hydrogen-bond acceptors (Lipinski definition) is 3. The second-order valence-electron chi connectivity index (χ2n) is 5.02. The molecule has 0 unspecified atom stereocenters. The summed E-state index contributed by atoms with van der Waals surface area (Å²) in [6.07, 6.45) is -4.76. The van der Waals surface area contributed by atoms with Crippen molar-refractivity contribution >= 4 is 17.3 Å². The van der Waals surface area contributed by atoms with E-state index in [0.717, 1.165) is 6.07 Å². The molecule has 0 aliphatic carbocycles. The lowest BCUT2D eigenvalue weighted by Crippen LogP contribution is -2.18. The van der Waals surface area contributed by atoms with E-state index >= 15 is 0 Å². The van der Waals surface area contributed by atoms with E-state index in [-0.39, 0.29) is 5.75 Å². The number of anilines is 2. The molecule has 7 heteroatoms. The number of nitrogens with two attached hydrogens (primary N) is 1. The minimum absolute atomic E-state index is 0.331. The maximum Gasteiger partial charge on any atom is 0.573 e. The molecular formula is C16H15F3N2O2. The van der Waals surface area contributed by atoms with Crippen LogP contribution in [-0.2, 0) is 0 Å². The first-order valence-electron chi connectivity index (χ1n) is 6.70. The maximum absolute atomic E-state index is 12.3. The Morgan fingerprint density at radius 1 is 1.13 bits per heavy atom. The van der Waals surface area contributed by atoms with E-state index in [4.69, 9.17) is 5.73 Å². The van der Waals surface area contributed by atoms with Gasteiger partial charge >= 0.3 is 6.36 Å². The molecular weight excluding hydrogens is 309 g/mol. The van der Waals surface area contributed by atoms with Crippen LogP contribution in [0.1, 0.15) is 21.5 Å². The summed E-state index contributed by atoms with van der Waals surface area (Å²) in [7, 11) is 0. The number of nitrogen functional groups attached to an aromatic ring is 1. The van der Waals surface area contributed by atoms with Gasteiger partial charge in [-0.15, -0.1) is 13.2 Å². The van der Waals surface area contributed by atoms with Gasteiger partial charge in [-0.2, -0.15) is 0 Å². The van der Waals surface area contributed by atoms with Gasteiger partial charge in [0, 0.05) is 11.4 Å². The summed E-state index contributed by atoms with van der Waals surface area (Å²) in [4.78, 5) is 12.3. The van der Waals surface area contributed by atoms with Crippen LogP contribution in [0, 0.1) is 13.8 Å². The van der Waals surface area contributed by atoms with E-state index in [1.807, 2.05) is 0 Å². The van der Waals surface area contributed by atoms with Crippen LogP contribution in [0.5, 0.6) is 5.75 Å². The molecule has 0 radical (unpaired) electrons. The first-order chi connectivity index (χ1) is 10.7. The van der Waals surface area contributed by atoms with Gasteiger partial charge in [-0.1, -0.05) is 12.1 Å². The number of amides is 1. The molecule has 2 aromatic carbocycles. The number of carbonyl (C=O) groups excluding carboxylic acids is 1. The van der Waals surface area contributed by atoms with E-state index in [1.54, 1.807) is 32.0 Å². The third kappa shape index (κ3) is 4.15. The van der Waals surface area contributed by atoms with E-state index in [2.05, 4.69) is 10.1 Å². The van der Waals surface area contributed by atoms with Crippen LogP contribution in [0.2, 0.25) is 0 Å². The van der Waals surface area contributed by atoms with Crippen LogP contribution >= 0.6 is 0 Å². The van der Waals surface area contributed by atoms with Crippen molar-refractivity contribution in [2.24, 2.45) is 0 Å². The summed E-state index contributed by atoms with van der Waals surface area (Å²) in [5.74, 6) is -0.767. The van der Waals surface area contributed by atoms with Gasteiger partial charge in [-0.25, -0.2) is 0 Å². The molecule has 4 nitrogen and oxygen atoms in total. The molecule has 0 aliphatic heterocycles. The number of aryl methyl sites for hydroxylation is 2. The molecule has 23 heavy (non-hydrogen) atoms. The van der Waals surface area contributed by atoms with Gasteiger partial charge in [0.1, 0.15) is 5.75 Å². The number of benzene rings is 2. The smallest absolute Gasteiger partial charge is 0.406 e. The van der Waals surface area contributed by atoms with Crippen molar-refractivity contribution in [2.45, 2.75) is 20.2 Å². The highest BCUT2D eigenvalue weighted by Gasteiger charge is 2.31. The van der Waals surface area contributed by atoms with Crippen molar-refractivity contribution in [2.75, 3.05) is 11.1 Å². The Balaban J connectivity index is 2.22. The van der Waals surface area contributed by atoms with Gasteiger partial charge in [-0.05, 0) is 49.2 Å². The summed E-state index contributed by atoms with van der Waals surface area (Å²) in [5, 5.41) is 2.64. The quantitative estimate of drug-likeness (QED) is 0.838. The molecule has 3 N–H and O–H groups in total. The fourth-order valence-corrected chi connectivity index (χ4v) is 2.16. The second kappa shape index (κ2) is 6.20. The third-order valence-electron chi connectivity index (χ3n) is 3.21. The molecule has 0 aromatic heterocycles. The summed E-state index contributed by atoms with van der Waals surface area (Å²) in [6, 6.07) is 8.77. The molecule has 2 rings (SSSR count). The Morgan fingerprint density at radius 3 is 2.39 bits per heavy atom. The molecule has 1 amide bonds. The zero-order valence-corrected chi connectivity index (χ0v) is 12.5. The Morgan fingerprint density at radius 2 is 1.83 bits per heavy atom. The van der Waals surface area contributed by atoms with Crippen LogP contribution in [0.4, 0.5) is 24.5 Å². The average molecular weight is 324 g/mol. The normalized spacial score (nSPS) is 11.2. The predicted octanol–water partition coefficient (Wildman–Crippen LogP) is 4.04. The van der Waals surface area contributed by atoms with Crippen LogP contribution < -0.4 is 15.8 Å². The molecule has 0 fully saturated rings. The zero-order valence-electron chi connectivity index (χ0n) is 12.5. The van der Waals surface area contributed by atoms with E-state index in [1.165, 1.54) is 12.1 Å². The zero-order chi connectivity index (χ0) is 17.2. The average Bonchev–Trinajstić information content (AvgIpc) is 2.40. The summed E-state index contributed by atoms with van der Waals surface area (Å²) >= 11 is 0. The monoisotopic (exact) mass is 324 g/mol. The van der Waals surface area contributed by atoms with Crippen molar-refractivity contribution in [1.29, 1.82) is 0 Å². The molecule has 0 aliphatic rings. The van der Waals surface area contributed by atoms with E-state index < -0.39 is 12.3 Å². The number of rotatable bonds is 3. The van der Waals surface area contributed by atoms with Gasteiger partial charge in [0.05, 0.1) is 5.56 Å². The maximum atomic E-state index is 12.3. The minimum Gasteiger partial charge on any atom is -0.406 e. The lowest BCUT2D eigenvalue weighted by molar-refractivity contribution is -0.274. The first kappa shape index (κ1) is 16.7. The van der Waals surface area contributed by atoms with Gasteiger partial charge < -0.3 is 15.8 Å². The van der Waals surface area contributed by atoms with Crippen LogP contribution in [0.25, 0.3) is 0 Å². The minimum atomic E-state index is -4.76. The van der Waals surface area contributed by atoms with Crippen LogP contribution in [0.15, 0.2) is 36.4 Å².